The number of esters is 1. The summed E-state index contributed by atoms with van der Waals surface area (Å²) in [6.07, 6.45) is 22.9. The third-order valence-electron chi connectivity index (χ3n) is 14.5. The molecule has 8 heteroatoms. The predicted molar refractivity (Wildman–Crippen MR) is 210 cm³/mol. The number of carbonyl (C=O) groups excluding carboxylic acids is 2. The molecule has 0 bridgehead atoms. The Morgan fingerprint density at radius 2 is 1.55 bits per heavy atom. The third kappa shape index (κ3) is 10.2. The molecule has 5 N–H and O–H groups in total. The van der Waals surface area contributed by atoms with Crippen LogP contribution in [0.25, 0.3) is 0 Å². The second-order valence-electron chi connectivity index (χ2n) is 18.9. The molecule has 0 radical (unpaired) electrons. The van der Waals surface area contributed by atoms with Crippen LogP contribution in [0.4, 0.5) is 0 Å². The van der Waals surface area contributed by atoms with Gasteiger partial charge in [-0.1, -0.05) is 91.2 Å². The van der Waals surface area contributed by atoms with Crippen molar-refractivity contribution in [3.63, 3.8) is 0 Å². The molecular formula is C45H76O8. The molecule has 3 fully saturated rings. The summed E-state index contributed by atoms with van der Waals surface area (Å²) < 4.78 is 5.71. The first kappa shape index (κ1) is 44.1. The van der Waals surface area contributed by atoms with Gasteiger partial charge in [0.1, 0.15) is 6.10 Å². The lowest BCUT2D eigenvalue weighted by Gasteiger charge is -2.61. The second-order valence-corrected chi connectivity index (χ2v) is 18.9. The Kier molecular flexibility index (Phi) is 15.5. The van der Waals surface area contributed by atoms with Gasteiger partial charge in [-0.2, -0.15) is 0 Å². The van der Waals surface area contributed by atoms with Crippen LogP contribution in [0.2, 0.25) is 0 Å². The molecule has 4 aliphatic carbocycles. The molecule has 4 aliphatic rings. The second kappa shape index (κ2) is 18.6. The summed E-state index contributed by atoms with van der Waals surface area (Å²) in [6.45, 7) is 11.8. The maximum Gasteiger partial charge on any atom is 0.308 e. The van der Waals surface area contributed by atoms with E-state index in [9.17, 15) is 35.1 Å². The molecule has 304 valence electrons. The molecule has 0 aromatic carbocycles. The highest BCUT2D eigenvalue weighted by atomic mass is 16.7. The summed E-state index contributed by atoms with van der Waals surface area (Å²) in [5.41, 5.74) is -2.79. The highest BCUT2D eigenvalue weighted by Crippen LogP contribution is 2.68. The number of ketones is 1. The highest BCUT2D eigenvalue weighted by molar-refractivity contribution is 5.95. The van der Waals surface area contributed by atoms with Crippen LogP contribution in [-0.4, -0.2) is 66.5 Å². The largest absolute Gasteiger partial charge is 0.430 e. The molecule has 0 saturated heterocycles. The molecule has 0 aromatic heterocycles. The minimum absolute atomic E-state index is 0.00441. The molecule has 8 nitrogen and oxygen atoms in total. The van der Waals surface area contributed by atoms with E-state index in [1.165, 1.54) is 44.9 Å². The number of unbranched alkanes of at least 4 members (excludes halogenated alkanes) is 11. The van der Waals surface area contributed by atoms with Gasteiger partial charge in [0.2, 0.25) is 5.79 Å². The standard InChI is InChI=1S/C45H76O8/c1-7-8-9-10-11-12-13-14-15-16-17-18-19-20-21-22-40(49)53-45(52)31-42(5)34-23-27-43(6)33(32(2)37(46)25-26-41(3,4)50)24-28-44(43,51)35(34)29-38(47)36(42)30-39(45)48/h14-15,29,32-34,36-37,39,46,48,50-52H,7-13,16-28,30-31H2,1-6H3/b15-14-/t32?,33-,34?,36+,37-,39-,42-,43-,44-,45+/m1/s1. The zero-order chi connectivity index (χ0) is 39.1. The van der Waals surface area contributed by atoms with Crippen molar-refractivity contribution in [3.8, 4) is 0 Å². The van der Waals surface area contributed by atoms with Crippen LogP contribution in [0.5, 0.6) is 0 Å². The maximum absolute atomic E-state index is 13.8. The van der Waals surface area contributed by atoms with Crippen LogP contribution >= 0.6 is 0 Å². The number of rotatable bonds is 21. The van der Waals surface area contributed by atoms with Gasteiger partial charge >= 0.3 is 5.97 Å². The Hall–Kier alpha value is -1.58. The van der Waals surface area contributed by atoms with Gasteiger partial charge in [-0.25, -0.2) is 0 Å². The van der Waals surface area contributed by atoms with E-state index >= 15 is 0 Å². The molecule has 2 unspecified atom stereocenters. The normalized spacial score (nSPS) is 35.4. The zero-order valence-corrected chi connectivity index (χ0v) is 34.2. The van der Waals surface area contributed by atoms with Crippen molar-refractivity contribution in [1.29, 1.82) is 0 Å². The van der Waals surface area contributed by atoms with Crippen molar-refractivity contribution in [3.05, 3.63) is 23.8 Å². The summed E-state index contributed by atoms with van der Waals surface area (Å²) >= 11 is 0. The van der Waals surface area contributed by atoms with E-state index < -0.39 is 51.9 Å². The van der Waals surface area contributed by atoms with Crippen molar-refractivity contribution >= 4 is 11.8 Å². The Balaban J connectivity index is 1.29. The van der Waals surface area contributed by atoms with Gasteiger partial charge in [-0.3, -0.25) is 9.59 Å². The van der Waals surface area contributed by atoms with Crippen LogP contribution in [-0.2, 0) is 14.3 Å². The van der Waals surface area contributed by atoms with E-state index in [0.29, 0.717) is 50.5 Å². The summed E-state index contributed by atoms with van der Waals surface area (Å²) in [6, 6.07) is 0. The van der Waals surface area contributed by atoms with E-state index in [2.05, 4.69) is 26.0 Å². The number of hydrogen-bond acceptors (Lipinski definition) is 8. The van der Waals surface area contributed by atoms with Crippen molar-refractivity contribution in [1.82, 2.24) is 0 Å². The molecule has 53 heavy (non-hydrogen) atoms. The van der Waals surface area contributed by atoms with Gasteiger partial charge < -0.3 is 30.3 Å². The zero-order valence-electron chi connectivity index (χ0n) is 34.2. The molecule has 10 atom stereocenters. The number of aliphatic hydroxyl groups excluding tert-OH is 2. The topological polar surface area (TPSA) is 145 Å². The molecular weight excluding hydrogens is 668 g/mol. The smallest absolute Gasteiger partial charge is 0.308 e. The Morgan fingerprint density at radius 1 is 0.943 bits per heavy atom. The lowest BCUT2D eigenvalue weighted by molar-refractivity contribution is -0.287. The lowest BCUT2D eigenvalue weighted by atomic mass is 9.45. The fourth-order valence-corrected chi connectivity index (χ4v) is 11.0. The first-order valence-corrected chi connectivity index (χ1v) is 21.6. The molecule has 3 saturated carbocycles. The summed E-state index contributed by atoms with van der Waals surface area (Å²) in [4.78, 5) is 26.9. The molecule has 0 spiro atoms. The van der Waals surface area contributed by atoms with Crippen LogP contribution in [0.3, 0.4) is 0 Å². The monoisotopic (exact) mass is 745 g/mol. The molecule has 4 rings (SSSR count). The van der Waals surface area contributed by atoms with Crippen LogP contribution < -0.4 is 0 Å². The molecule has 0 aromatic rings. The minimum Gasteiger partial charge on any atom is -0.430 e. The summed E-state index contributed by atoms with van der Waals surface area (Å²) in [5, 5.41) is 56.9. The fraction of sp³-hybridized carbons (Fsp3) is 0.867. The number of ether oxygens (including phenoxy) is 1. The van der Waals surface area contributed by atoms with E-state index in [1.807, 2.05) is 13.8 Å². The first-order chi connectivity index (χ1) is 24.9. The molecule has 0 heterocycles. The van der Waals surface area contributed by atoms with Crippen LogP contribution in [0.1, 0.15) is 183 Å². The van der Waals surface area contributed by atoms with Crippen molar-refractivity contribution in [2.75, 3.05) is 0 Å². The first-order valence-electron chi connectivity index (χ1n) is 21.6. The van der Waals surface area contributed by atoms with Crippen molar-refractivity contribution in [2.45, 2.75) is 212 Å². The number of allylic oxidation sites excluding steroid dienone is 3. The number of aliphatic hydroxyl groups is 5. The SMILES string of the molecule is CCCCCCCC/C=C\CCCCCCCC(=O)O[C@@]1(O)C[C@]2(C)C3CC[C@]4(C)[C@@H](C(C)[C@H](O)CCC(C)(C)O)CC[C@@]4(O)C3=CC(=O)[C@@H]2C[C@H]1O. The van der Waals surface area contributed by atoms with Gasteiger partial charge in [0.25, 0.3) is 0 Å². The Bertz CT molecular complexity index is 1270. The van der Waals surface area contributed by atoms with Crippen LogP contribution in [0.15, 0.2) is 23.8 Å². The van der Waals surface area contributed by atoms with Gasteiger partial charge in [0, 0.05) is 24.2 Å². The van der Waals surface area contributed by atoms with Gasteiger partial charge in [0.15, 0.2) is 5.78 Å². The van der Waals surface area contributed by atoms with Crippen molar-refractivity contribution < 1.29 is 39.9 Å². The number of fused-ring (bicyclic) bond motifs is 5. The number of hydrogen-bond donors (Lipinski definition) is 5. The Morgan fingerprint density at radius 3 is 2.17 bits per heavy atom. The highest BCUT2D eigenvalue weighted by Gasteiger charge is 2.68. The van der Waals surface area contributed by atoms with Gasteiger partial charge in [-0.15, -0.1) is 0 Å². The van der Waals surface area contributed by atoms with Crippen LogP contribution in [0, 0.1) is 34.5 Å². The van der Waals surface area contributed by atoms with E-state index in [4.69, 9.17) is 4.74 Å². The van der Waals surface area contributed by atoms with E-state index in [1.54, 1.807) is 19.9 Å². The fourth-order valence-electron chi connectivity index (χ4n) is 11.0. The molecule has 0 aliphatic heterocycles. The molecule has 0 amide bonds. The number of carbonyl (C=O) groups is 2. The summed E-state index contributed by atoms with van der Waals surface area (Å²) in [5.74, 6) is -3.65. The third-order valence-corrected chi connectivity index (χ3v) is 14.5. The van der Waals surface area contributed by atoms with E-state index in [-0.39, 0.29) is 42.8 Å². The summed E-state index contributed by atoms with van der Waals surface area (Å²) in [7, 11) is 0. The Labute approximate surface area is 321 Å². The van der Waals surface area contributed by atoms with Gasteiger partial charge in [0.05, 0.1) is 17.3 Å². The predicted octanol–water partition coefficient (Wildman–Crippen LogP) is 8.65. The average molecular weight is 745 g/mol. The van der Waals surface area contributed by atoms with Crippen molar-refractivity contribution in [2.24, 2.45) is 34.5 Å². The lowest BCUT2D eigenvalue weighted by Crippen LogP contribution is -2.64. The van der Waals surface area contributed by atoms with E-state index in [0.717, 1.165) is 32.1 Å². The van der Waals surface area contributed by atoms with Gasteiger partial charge in [-0.05, 0) is 126 Å². The quantitative estimate of drug-likeness (QED) is 0.0340. The maximum atomic E-state index is 13.8. The minimum atomic E-state index is -2.10. The average Bonchev–Trinajstić information content (AvgIpc) is 3.36.